The van der Waals surface area contributed by atoms with E-state index in [0.717, 1.165) is 63.7 Å². The van der Waals surface area contributed by atoms with Crippen LogP contribution in [0.5, 0.6) is 0 Å². The first kappa shape index (κ1) is 32.3. The highest BCUT2D eigenvalue weighted by molar-refractivity contribution is 5.94. The van der Waals surface area contributed by atoms with Gasteiger partial charge in [0.15, 0.2) is 0 Å². The number of rotatable bonds is 5. The molecule has 2 N–H and O–H groups in total. The number of likely N-dealkylation sites (tertiary alicyclic amines) is 2. The summed E-state index contributed by atoms with van der Waals surface area (Å²) < 4.78 is 69.5. The standard InChI is InChI=1S/C20H29N3O2.2C2HF3O2/c1-22-12-18(14-25-13-16-2-3-16)20(15-22)6-10-23(11-7-20)19(24)17-4-8-21-9-5-17;2*3-2(4,5)1(6)7/h4-5,8-9,16,18H,2-3,6-7,10-15H2,1H3;2*(H,6,7). The highest BCUT2D eigenvalue weighted by Crippen LogP contribution is 2.44. The van der Waals surface area contributed by atoms with Crippen LogP contribution in [-0.4, -0.2) is 102 Å². The number of pyridine rings is 1. The number of hydrogen-bond donors (Lipinski definition) is 2. The number of piperidine rings is 1. The quantitative estimate of drug-likeness (QED) is 0.515. The van der Waals surface area contributed by atoms with Crippen molar-refractivity contribution >= 4 is 17.8 Å². The van der Waals surface area contributed by atoms with Crippen LogP contribution in [-0.2, 0) is 14.3 Å². The van der Waals surface area contributed by atoms with Gasteiger partial charge in [0.2, 0.25) is 0 Å². The molecule has 2 saturated heterocycles. The molecule has 3 heterocycles. The van der Waals surface area contributed by atoms with Gasteiger partial charge in [-0.15, -0.1) is 0 Å². The molecule has 1 aliphatic carbocycles. The second kappa shape index (κ2) is 13.4. The molecule has 4 rings (SSSR count). The number of aromatic nitrogens is 1. The van der Waals surface area contributed by atoms with Crippen molar-refractivity contribution in [3.8, 4) is 0 Å². The molecule has 0 bridgehead atoms. The van der Waals surface area contributed by atoms with Crippen molar-refractivity contribution in [2.75, 3.05) is 46.4 Å². The zero-order valence-corrected chi connectivity index (χ0v) is 21.2. The van der Waals surface area contributed by atoms with Gasteiger partial charge in [0.05, 0.1) is 6.61 Å². The van der Waals surface area contributed by atoms with Crippen LogP contribution >= 0.6 is 0 Å². The molecule has 220 valence electrons. The number of carbonyl (C=O) groups excluding carboxylic acids is 1. The Morgan fingerprint density at radius 3 is 1.90 bits per heavy atom. The average molecular weight is 572 g/mol. The van der Waals surface area contributed by atoms with Gasteiger partial charge in [0, 0.05) is 56.7 Å². The van der Waals surface area contributed by atoms with E-state index in [1.54, 1.807) is 12.4 Å². The predicted octanol–water partition coefficient (Wildman–Crippen LogP) is 3.56. The number of carboxylic acids is 2. The minimum Gasteiger partial charge on any atom is -0.475 e. The number of ether oxygens (including phenoxy) is 1. The minimum atomic E-state index is -5.08. The lowest BCUT2D eigenvalue weighted by molar-refractivity contribution is -0.193. The maximum absolute atomic E-state index is 12.7. The monoisotopic (exact) mass is 571 g/mol. The van der Waals surface area contributed by atoms with Crippen molar-refractivity contribution in [1.82, 2.24) is 14.8 Å². The van der Waals surface area contributed by atoms with Crippen LogP contribution in [0.25, 0.3) is 0 Å². The predicted molar refractivity (Wildman–Crippen MR) is 124 cm³/mol. The molecule has 1 unspecified atom stereocenters. The smallest absolute Gasteiger partial charge is 0.475 e. The third-order valence-corrected chi connectivity index (χ3v) is 6.81. The lowest BCUT2D eigenvalue weighted by atomic mass is 9.71. The summed E-state index contributed by atoms with van der Waals surface area (Å²) in [5, 5.41) is 14.2. The van der Waals surface area contributed by atoms with E-state index in [-0.39, 0.29) is 5.91 Å². The van der Waals surface area contributed by atoms with Gasteiger partial charge < -0.3 is 24.7 Å². The number of carboxylic acid groups (broad SMARTS) is 2. The molecule has 15 heteroatoms. The van der Waals surface area contributed by atoms with Gasteiger partial charge in [-0.25, -0.2) is 9.59 Å². The van der Waals surface area contributed by atoms with Crippen molar-refractivity contribution in [2.24, 2.45) is 17.3 Å². The fourth-order valence-electron chi connectivity index (χ4n) is 4.59. The second-order valence-corrected chi connectivity index (χ2v) is 9.87. The summed E-state index contributed by atoms with van der Waals surface area (Å²) in [7, 11) is 2.22. The third kappa shape index (κ3) is 10.3. The first-order valence-electron chi connectivity index (χ1n) is 12.1. The molecular weight excluding hydrogens is 540 g/mol. The van der Waals surface area contributed by atoms with Crippen LogP contribution < -0.4 is 0 Å². The Morgan fingerprint density at radius 2 is 1.46 bits per heavy atom. The number of alkyl halides is 6. The topological polar surface area (TPSA) is 120 Å². The Bertz CT molecular complexity index is 939. The fourth-order valence-corrected chi connectivity index (χ4v) is 4.59. The van der Waals surface area contributed by atoms with Crippen LogP contribution in [0.1, 0.15) is 36.0 Å². The number of nitrogens with zero attached hydrogens (tertiary/aromatic N) is 3. The maximum Gasteiger partial charge on any atom is 0.490 e. The molecule has 1 aromatic heterocycles. The van der Waals surface area contributed by atoms with Crippen molar-refractivity contribution in [2.45, 2.75) is 38.0 Å². The minimum absolute atomic E-state index is 0.144. The Labute approximate surface area is 220 Å². The summed E-state index contributed by atoms with van der Waals surface area (Å²) in [4.78, 5) is 38.9. The van der Waals surface area contributed by atoms with Gasteiger partial charge >= 0.3 is 24.3 Å². The maximum atomic E-state index is 12.7. The van der Waals surface area contributed by atoms with Crippen molar-refractivity contribution < 1.29 is 55.7 Å². The molecule has 3 aliphatic rings. The zero-order valence-electron chi connectivity index (χ0n) is 21.2. The molecule has 9 nitrogen and oxygen atoms in total. The number of hydrogen-bond acceptors (Lipinski definition) is 6. The van der Waals surface area contributed by atoms with E-state index in [2.05, 4.69) is 16.9 Å². The first-order valence-corrected chi connectivity index (χ1v) is 12.1. The third-order valence-electron chi connectivity index (χ3n) is 6.81. The van der Waals surface area contributed by atoms with Gasteiger partial charge in [0.1, 0.15) is 0 Å². The van der Waals surface area contributed by atoms with Gasteiger partial charge in [-0.2, -0.15) is 26.3 Å². The van der Waals surface area contributed by atoms with Crippen molar-refractivity contribution in [3.05, 3.63) is 30.1 Å². The normalized spacial score (nSPS) is 20.9. The fraction of sp³-hybridized carbons (Fsp3) is 0.667. The lowest BCUT2D eigenvalue weighted by Crippen LogP contribution is -2.47. The molecule has 0 aromatic carbocycles. The van der Waals surface area contributed by atoms with Gasteiger partial charge in [-0.3, -0.25) is 9.78 Å². The van der Waals surface area contributed by atoms with Crippen LogP contribution in [0.4, 0.5) is 26.3 Å². The molecule has 1 amide bonds. The molecule has 0 radical (unpaired) electrons. The summed E-state index contributed by atoms with van der Waals surface area (Å²) in [6.45, 7) is 5.81. The SMILES string of the molecule is CN1CC(COCC2CC2)C2(CCN(C(=O)c3ccncc3)CC2)C1.O=C(O)C(F)(F)F.O=C(O)C(F)(F)F. The van der Waals surface area contributed by atoms with E-state index in [1.165, 1.54) is 12.8 Å². The molecule has 1 spiro atoms. The summed E-state index contributed by atoms with van der Waals surface area (Å²) in [5.74, 6) is -3.94. The van der Waals surface area contributed by atoms with E-state index in [9.17, 15) is 31.1 Å². The van der Waals surface area contributed by atoms with Crippen LogP contribution in [0, 0.1) is 17.3 Å². The summed E-state index contributed by atoms with van der Waals surface area (Å²) in [5.41, 5.74) is 1.08. The highest BCUT2D eigenvalue weighted by atomic mass is 19.4. The number of halogens is 6. The second-order valence-electron chi connectivity index (χ2n) is 9.87. The Balaban J connectivity index is 0.000000317. The largest absolute Gasteiger partial charge is 0.490 e. The molecular formula is C24H31F6N3O6. The van der Waals surface area contributed by atoms with E-state index in [0.29, 0.717) is 11.3 Å². The molecule has 3 fully saturated rings. The van der Waals surface area contributed by atoms with Crippen molar-refractivity contribution in [1.29, 1.82) is 0 Å². The summed E-state index contributed by atoms with van der Waals surface area (Å²) >= 11 is 0. The molecule has 1 saturated carbocycles. The average Bonchev–Trinajstić information content (AvgIpc) is 3.63. The van der Waals surface area contributed by atoms with E-state index in [4.69, 9.17) is 24.5 Å². The van der Waals surface area contributed by atoms with Crippen LogP contribution in [0.3, 0.4) is 0 Å². The number of carbonyl (C=O) groups is 3. The first-order chi connectivity index (χ1) is 18.0. The number of aliphatic carboxylic acids is 2. The van der Waals surface area contributed by atoms with Gasteiger partial charge in [0.25, 0.3) is 5.91 Å². The Hall–Kier alpha value is -2.94. The summed E-state index contributed by atoms with van der Waals surface area (Å²) in [6, 6.07) is 3.62. The highest BCUT2D eigenvalue weighted by Gasteiger charge is 2.47. The molecule has 2 aliphatic heterocycles. The van der Waals surface area contributed by atoms with E-state index >= 15 is 0 Å². The molecule has 39 heavy (non-hydrogen) atoms. The van der Waals surface area contributed by atoms with Gasteiger partial charge in [-0.1, -0.05) is 0 Å². The summed E-state index contributed by atoms with van der Waals surface area (Å²) in [6.07, 6.45) is -1.91. The van der Waals surface area contributed by atoms with E-state index < -0.39 is 24.3 Å². The van der Waals surface area contributed by atoms with E-state index in [1.807, 2.05) is 17.0 Å². The lowest BCUT2D eigenvalue weighted by Gasteiger charge is -2.42. The van der Waals surface area contributed by atoms with Crippen LogP contribution in [0.2, 0.25) is 0 Å². The Kier molecular flexibility index (Phi) is 11.1. The molecule has 1 atom stereocenters. The van der Waals surface area contributed by atoms with Gasteiger partial charge in [-0.05, 0) is 56.2 Å². The number of amides is 1. The Morgan fingerprint density at radius 1 is 0.974 bits per heavy atom. The van der Waals surface area contributed by atoms with Crippen LogP contribution in [0.15, 0.2) is 24.5 Å². The van der Waals surface area contributed by atoms with Crippen molar-refractivity contribution in [3.63, 3.8) is 0 Å². The zero-order chi connectivity index (χ0) is 29.4. The molecule has 1 aromatic rings.